The Bertz CT molecular complexity index is 588. The number of nitrogens with two attached hydrogens (primary N) is 3. The molecule has 2 heterocycles. The Morgan fingerprint density at radius 1 is 1.00 bits per heavy atom. The molecule has 0 aliphatic rings. The standard InChI is InChI=1S/C10H14N8OS/c1-2-3-19-8-16-7(13)17-10(18-8)20-9-14-5(11)4-6(12)15-9/h4H,2-3H2,1H3,(H4,11,12,14,15)(H2,13,16,17,18). The lowest BCUT2D eigenvalue weighted by atomic mass is 10.5. The van der Waals surface area contributed by atoms with Crippen molar-refractivity contribution in [2.24, 2.45) is 0 Å². The Kier molecular flexibility index (Phi) is 4.35. The molecule has 0 aromatic carbocycles. The Balaban J connectivity index is 2.21. The van der Waals surface area contributed by atoms with Crippen molar-refractivity contribution in [2.45, 2.75) is 23.7 Å². The first-order valence-electron chi connectivity index (χ1n) is 5.79. The van der Waals surface area contributed by atoms with Crippen molar-refractivity contribution in [2.75, 3.05) is 23.8 Å². The van der Waals surface area contributed by atoms with Crippen molar-refractivity contribution in [3.8, 4) is 6.01 Å². The second-order valence-electron chi connectivity index (χ2n) is 3.71. The van der Waals surface area contributed by atoms with Gasteiger partial charge in [-0.3, -0.25) is 0 Å². The van der Waals surface area contributed by atoms with Crippen LogP contribution >= 0.6 is 11.8 Å². The highest BCUT2D eigenvalue weighted by molar-refractivity contribution is 7.99. The highest BCUT2D eigenvalue weighted by Gasteiger charge is 2.10. The molecule has 0 saturated carbocycles. The van der Waals surface area contributed by atoms with Gasteiger partial charge in [0, 0.05) is 6.07 Å². The number of nitrogens with zero attached hydrogens (tertiary/aromatic N) is 5. The number of nitrogen functional groups attached to an aromatic ring is 3. The van der Waals surface area contributed by atoms with Crippen LogP contribution < -0.4 is 21.9 Å². The van der Waals surface area contributed by atoms with Gasteiger partial charge in [-0.25, -0.2) is 9.97 Å². The Morgan fingerprint density at radius 2 is 1.65 bits per heavy atom. The van der Waals surface area contributed by atoms with Crippen LogP contribution in [-0.4, -0.2) is 31.5 Å². The van der Waals surface area contributed by atoms with Crippen molar-refractivity contribution in [1.82, 2.24) is 24.9 Å². The molecule has 106 valence electrons. The first-order valence-corrected chi connectivity index (χ1v) is 6.60. The van der Waals surface area contributed by atoms with E-state index in [0.29, 0.717) is 16.9 Å². The van der Waals surface area contributed by atoms with Gasteiger partial charge in [0.15, 0.2) is 5.16 Å². The molecule has 0 spiro atoms. The number of rotatable bonds is 5. The third-order valence-corrected chi connectivity index (χ3v) is 2.71. The number of aromatic nitrogens is 5. The van der Waals surface area contributed by atoms with E-state index in [2.05, 4.69) is 24.9 Å². The van der Waals surface area contributed by atoms with Gasteiger partial charge in [-0.2, -0.15) is 15.0 Å². The van der Waals surface area contributed by atoms with Gasteiger partial charge in [0.1, 0.15) is 11.6 Å². The van der Waals surface area contributed by atoms with Crippen molar-refractivity contribution in [1.29, 1.82) is 0 Å². The molecule has 0 aliphatic heterocycles. The summed E-state index contributed by atoms with van der Waals surface area (Å²) in [7, 11) is 0. The van der Waals surface area contributed by atoms with Gasteiger partial charge < -0.3 is 21.9 Å². The fourth-order valence-corrected chi connectivity index (χ4v) is 1.97. The Hall–Kier alpha value is -2.36. The van der Waals surface area contributed by atoms with Crippen LogP contribution in [-0.2, 0) is 0 Å². The fourth-order valence-electron chi connectivity index (χ4n) is 1.25. The van der Waals surface area contributed by atoms with E-state index in [1.807, 2.05) is 6.92 Å². The third kappa shape index (κ3) is 3.82. The minimum absolute atomic E-state index is 0.0606. The fraction of sp³-hybridized carbons (Fsp3) is 0.300. The highest BCUT2D eigenvalue weighted by atomic mass is 32.2. The number of hydrogen-bond acceptors (Lipinski definition) is 10. The van der Waals surface area contributed by atoms with Gasteiger partial charge in [0.2, 0.25) is 11.1 Å². The Labute approximate surface area is 119 Å². The zero-order chi connectivity index (χ0) is 14.5. The van der Waals surface area contributed by atoms with Crippen molar-refractivity contribution in [3.63, 3.8) is 0 Å². The van der Waals surface area contributed by atoms with Crippen LogP contribution in [0.4, 0.5) is 17.6 Å². The molecular weight excluding hydrogens is 280 g/mol. The first-order chi connectivity index (χ1) is 9.56. The molecule has 0 fully saturated rings. The quantitative estimate of drug-likeness (QED) is 0.658. The van der Waals surface area contributed by atoms with E-state index in [4.69, 9.17) is 21.9 Å². The minimum Gasteiger partial charge on any atom is -0.463 e. The van der Waals surface area contributed by atoms with E-state index >= 15 is 0 Å². The molecule has 0 atom stereocenters. The number of anilines is 3. The Morgan fingerprint density at radius 3 is 2.30 bits per heavy atom. The smallest absolute Gasteiger partial charge is 0.322 e. The summed E-state index contributed by atoms with van der Waals surface area (Å²) in [4.78, 5) is 20.0. The summed E-state index contributed by atoms with van der Waals surface area (Å²) in [6.45, 7) is 2.47. The highest BCUT2D eigenvalue weighted by Crippen LogP contribution is 2.24. The van der Waals surface area contributed by atoms with Gasteiger partial charge >= 0.3 is 6.01 Å². The topological polar surface area (TPSA) is 152 Å². The van der Waals surface area contributed by atoms with Crippen LogP contribution in [0.3, 0.4) is 0 Å². The molecule has 6 N–H and O–H groups in total. The molecule has 0 amide bonds. The van der Waals surface area contributed by atoms with Gasteiger partial charge in [0.25, 0.3) is 0 Å². The molecule has 0 radical (unpaired) electrons. The van der Waals surface area contributed by atoms with Crippen LogP contribution in [0.2, 0.25) is 0 Å². The summed E-state index contributed by atoms with van der Waals surface area (Å²) >= 11 is 1.07. The van der Waals surface area contributed by atoms with Crippen LogP contribution in [0.15, 0.2) is 16.4 Å². The predicted molar refractivity (Wildman–Crippen MR) is 75.0 cm³/mol. The monoisotopic (exact) mass is 294 g/mol. The molecule has 2 aromatic rings. The normalized spacial score (nSPS) is 10.4. The maximum atomic E-state index is 5.60. The lowest BCUT2D eigenvalue weighted by Crippen LogP contribution is -2.06. The average molecular weight is 294 g/mol. The summed E-state index contributed by atoms with van der Waals surface area (Å²) in [5, 5.41) is 0.642. The van der Waals surface area contributed by atoms with Gasteiger partial charge in [-0.1, -0.05) is 6.92 Å². The van der Waals surface area contributed by atoms with Crippen LogP contribution in [0.5, 0.6) is 6.01 Å². The average Bonchev–Trinajstić information content (AvgIpc) is 2.34. The molecule has 0 aliphatic carbocycles. The van der Waals surface area contributed by atoms with Crippen LogP contribution in [0.25, 0.3) is 0 Å². The minimum atomic E-state index is 0.0606. The second-order valence-corrected chi connectivity index (χ2v) is 4.64. The third-order valence-electron chi connectivity index (χ3n) is 1.97. The zero-order valence-corrected chi connectivity index (χ0v) is 11.6. The van der Waals surface area contributed by atoms with Crippen molar-refractivity contribution < 1.29 is 4.74 Å². The SMILES string of the molecule is CCCOc1nc(N)nc(Sc2nc(N)cc(N)n2)n1. The molecule has 0 unspecified atom stereocenters. The summed E-state index contributed by atoms with van der Waals surface area (Å²) in [5.41, 5.74) is 16.8. The first kappa shape index (κ1) is 14.1. The largest absolute Gasteiger partial charge is 0.463 e. The van der Waals surface area contributed by atoms with Crippen LogP contribution in [0, 0.1) is 0 Å². The maximum absolute atomic E-state index is 5.60. The van der Waals surface area contributed by atoms with Crippen molar-refractivity contribution >= 4 is 29.3 Å². The van der Waals surface area contributed by atoms with E-state index in [1.54, 1.807) is 0 Å². The van der Waals surface area contributed by atoms with Gasteiger partial charge in [-0.15, -0.1) is 0 Å². The van der Waals surface area contributed by atoms with Crippen LogP contribution in [0.1, 0.15) is 13.3 Å². The van der Waals surface area contributed by atoms with E-state index in [-0.39, 0.29) is 23.6 Å². The molecule has 10 heteroatoms. The van der Waals surface area contributed by atoms with E-state index in [0.717, 1.165) is 18.2 Å². The molecule has 20 heavy (non-hydrogen) atoms. The lowest BCUT2D eigenvalue weighted by Gasteiger charge is -2.05. The zero-order valence-electron chi connectivity index (χ0n) is 10.8. The van der Waals surface area contributed by atoms with E-state index in [1.165, 1.54) is 6.07 Å². The van der Waals surface area contributed by atoms with Crippen molar-refractivity contribution in [3.05, 3.63) is 6.07 Å². The second kappa shape index (κ2) is 6.19. The summed E-state index contributed by atoms with van der Waals surface area (Å²) < 4.78 is 5.32. The lowest BCUT2D eigenvalue weighted by molar-refractivity contribution is 0.288. The van der Waals surface area contributed by atoms with Gasteiger partial charge in [-0.05, 0) is 18.2 Å². The number of ether oxygens (including phenoxy) is 1. The molecule has 0 bridgehead atoms. The summed E-state index contributed by atoms with van der Waals surface area (Å²) in [6.07, 6.45) is 0.836. The van der Waals surface area contributed by atoms with Gasteiger partial charge in [0.05, 0.1) is 6.61 Å². The molecule has 2 aromatic heterocycles. The van der Waals surface area contributed by atoms with E-state index in [9.17, 15) is 0 Å². The number of hydrogen-bond donors (Lipinski definition) is 3. The molecule has 2 rings (SSSR count). The molecular formula is C10H14N8OS. The molecule has 0 saturated heterocycles. The van der Waals surface area contributed by atoms with E-state index < -0.39 is 0 Å². The molecule has 9 nitrogen and oxygen atoms in total. The summed E-state index contributed by atoms with van der Waals surface area (Å²) in [5.74, 6) is 0.597. The summed E-state index contributed by atoms with van der Waals surface area (Å²) in [6, 6.07) is 1.63. The maximum Gasteiger partial charge on any atom is 0.322 e. The predicted octanol–water partition coefficient (Wildman–Crippen LogP) is 0.348.